The lowest BCUT2D eigenvalue weighted by Gasteiger charge is -2.32. The lowest BCUT2D eigenvalue weighted by atomic mass is 9.80. The zero-order valence-corrected chi connectivity index (χ0v) is 12.2. The molecule has 3 heteroatoms. The van der Waals surface area contributed by atoms with Crippen LogP contribution in [0.4, 0.5) is 0 Å². The molecule has 3 atom stereocenters. The van der Waals surface area contributed by atoms with Gasteiger partial charge in [0, 0.05) is 18.2 Å². The van der Waals surface area contributed by atoms with E-state index in [1.165, 1.54) is 6.42 Å². The van der Waals surface area contributed by atoms with Crippen LogP contribution in [-0.2, 0) is 6.54 Å². The quantitative estimate of drug-likeness (QED) is 0.906. The second kappa shape index (κ2) is 6.29. The number of methoxy groups -OCH3 is 1. The van der Waals surface area contributed by atoms with Gasteiger partial charge in [-0.2, -0.15) is 0 Å². The van der Waals surface area contributed by atoms with Crippen LogP contribution in [0.5, 0.6) is 11.5 Å². The van der Waals surface area contributed by atoms with Crippen LogP contribution in [0.15, 0.2) is 18.2 Å². The predicted octanol–water partition coefficient (Wildman–Crippen LogP) is 3.36. The maximum absolute atomic E-state index is 6.18. The zero-order valence-electron chi connectivity index (χ0n) is 12.2. The summed E-state index contributed by atoms with van der Waals surface area (Å²) in [5.74, 6) is 3.24. The summed E-state index contributed by atoms with van der Waals surface area (Å²) in [6.07, 6.45) is 3.81. The Morgan fingerprint density at radius 2 is 2.00 bits per heavy atom. The zero-order chi connectivity index (χ0) is 13.8. The van der Waals surface area contributed by atoms with Gasteiger partial charge in [-0.3, -0.25) is 0 Å². The molecule has 19 heavy (non-hydrogen) atoms. The second-order valence-corrected chi connectivity index (χ2v) is 5.69. The second-order valence-electron chi connectivity index (χ2n) is 5.69. The normalized spacial score (nSPS) is 27.1. The van der Waals surface area contributed by atoms with Crippen LogP contribution in [0.25, 0.3) is 0 Å². The summed E-state index contributed by atoms with van der Waals surface area (Å²) in [6.45, 7) is 5.14. The van der Waals surface area contributed by atoms with Gasteiger partial charge in [0.1, 0.15) is 11.5 Å². The fourth-order valence-electron chi connectivity index (χ4n) is 2.72. The summed E-state index contributed by atoms with van der Waals surface area (Å²) < 4.78 is 11.4. The summed E-state index contributed by atoms with van der Waals surface area (Å²) in [6, 6.07) is 5.87. The maximum Gasteiger partial charge on any atom is 0.127 e. The molecule has 0 amide bonds. The van der Waals surface area contributed by atoms with E-state index >= 15 is 0 Å². The van der Waals surface area contributed by atoms with Gasteiger partial charge in [-0.15, -0.1) is 0 Å². The molecule has 0 radical (unpaired) electrons. The van der Waals surface area contributed by atoms with E-state index in [-0.39, 0.29) is 0 Å². The van der Waals surface area contributed by atoms with E-state index < -0.39 is 0 Å². The van der Waals surface area contributed by atoms with E-state index in [0.717, 1.165) is 41.7 Å². The number of hydrogen-bond donors (Lipinski definition) is 1. The minimum absolute atomic E-state index is 0.309. The highest BCUT2D eigenvalue weighted by Crippen LogP contribution is 2.33. The standard InChI is InChI=1S/C16H25NO2/c1-11-4-6-15(8-12(11)2)19-16-9-14(18-3)7-5-13(16)10-17/h5,7,9,11-12,15H,4,6,8,10,17H2,1-3H3. The monoisotopic (exact) mass is 263 g/mol. The van der Waals surface area contributed by atoms with Crippen LogP contribution in [0.1, 0.15) is 38.7 Å². The number of ether oxygens (including phenoxy) is 2. The average molecular weight is 263 g/mol. The SMILES string of the molecule is COc1ccc(CN)c(OC2CCC(C)C(C)C2)c1. The molecular weight excluding hydrogens is 238 g/mol. The minimum Gasteiger partial charge on any atom is -0.497 e. The van der Waals surface area contributed by atoms with Gasteiger partial charge in [0.2, 0.25) is 0 Å². The Hall–Kier alpha value is -1.22. The molecule has 0 aliphatic heterocycles. The van der Waals surface area contributed by atoms with Gasteiger partial charge in [-0.05, 0) is 37.2 Å². The van der Waals surface area contributed by atoms with Crippen molar-refractivity contribution in [1.82, 2.24) is 0 Å². The third kappa shape index (κ3) is 3.41. The molecule has 1 saturated carbocycles. The van der Waals surface area contributed by atoms with Gasteiger partial charge >= 0.3 is 0 Å². The first-order valence-electron chi connectivity index (χ1n) is 7.17. The average Bonchev–Trinajstić information content (AvgIpc) is 2.43. The Morgan fingerprint density at radius 1 is 1.21 bits per heavy atom. The van der Waals surface area contributed by atoms with Crippen molar-refractivity contribution in [2.45, 2.75) is 45.8 Å². The molecule has 3 unspecified atom stereocenters. The Bertz CT molecular complexity index is 419. The highest BCUT2D eigenvalue weighted by molar-refractivity contribution is 5.40. The summed E-state index contributed by atoms with van der Waals surface area (Å²) in [5.41, 5.74) is 6.82. The van der Waals surface area contributed by atoms with Gasteiger partial charge in [-0.25, -0.2) is 0 Å². The number of hydrogen-bond acceptors (Lipinski definition) is 3. The van der Waals surface area contributed by atoms with Crippen molar-refractivity contribution in [3.8, 4) is 11.5 Å². The summed E-state index contributed by atoms with van der Waals surface area (Å²) in [5, 5.41) is 0. The first-order chi connectivity index (χ1) is 9.13. The Balaban J connectivity index is 2.09. The van der Waals surface area contributed by atoms with E-state index in [9.17, 15) is 0 Å². The molecule has 2 rings (SSSR count). The molecule has 0 aromatic heterocycles. The Kier molecular flexibility index (Phi) is 4.70. The third-order valence-electron chi connectivity index (χ3n) is 4.34. The van der Waals surface area contributed by atoms with Gasteiger partial charge in [0.05, 0.1) is 13.2 Å². The number of benzene rings is 1. The summed E-state index contributed by atoms with van der Waals surface area (Å²) in [7, 11) is 1.67. The van der Waals surface area contributed by atoms with Crippen molar-refractivity contribution in [3.63, 3.8) is 0 Å². The van der Waals surface area contributed by atoms with Crippen molar-refractivity contribution in [2.24, 2.45) is 17.6 Å². The molecule has 0 bridgehead atoms. The predicted molar refractivity (Wildman–Crippen MR) is 77.5 cm³/mol. The molecule has 1 aromatic rings. The van der Waals surface area contributed by atoms with E-state index in [1.54, 1.807) is 7.11 Å². The lowest BCUT2D eigenvalue weighted by molar-refractivity contribution is 0.0995. The third-order valence-corrected chi connectivity index (χ3v) is 4.34. The van der Waals surface area contributed by atoms with E-state index in [4.69, 9.17) is 15.2 Å². The Morgan fingerprint density at radius 3 is 2.63 bits per heavy atom. The van der Waals surface area contributed by atoms with E-state index in [2.05, 4.69) is 13.8 Å². The van der Waals surface area contributed by atoms with E-state index in [1.807, 2.05) is 18.2 Å². The van der Waals surface area contributed by atoms with Crippen LogP contribution >= 0.6 is 0 Å². The molecule has 1 fully saturated rings. The van der Waals surface area contributed by atoms with Crippen molar-refractivity contribution in [2.75, 3.05) is 7.11 Å². The molecule has 0 spiro atoms. The van der Waals surface area contributed by atoms with E-state index in [0.29, 0.717) is 12.6 Å². The Labute approximate surface area is 116 Å². The minimum atomic E-state index is 0.309. The van der Waals surface area contributed by atoms with Crippen molar-refractivity contribution in [1.29, 1.82) is 0 Å². The largest absolute Gasteiger partial charge is 0.497 e. The van der Waals surface area contributed by atoms with Gasteiger partial charge in [0.15, 0.2) is 0 Å². The molecule has 1 aromatic carbocycles. The number of nitrogens with two attached hydrogens (primary N) is 1. The number of rotatable bonds is 4. The maximum atomic E-state index is 6.18. The molecule has 1 aliphatic rings. The fourth-order valence-corrected chi connectivity index (χ4v) is 2.72. The molecule has 0 heterocycles. The summed E-state index contributed by atoms with van der Waals surface area (Å²) >= 11 is 0. The van der Waals surface area contributed by atoms with Gasteiger partial charge < -0.3 is 15.2 Å². The van der Waals surface area contributed by atoms with Crippen LogP contribution in [0.3, 0.4) is 0 Å². The topological polar surface area (TPSA) is 44.5 Å². The summed E-state index contributed by atoms with van der Waals surface area (Å²) in [4.78, 5) is 0. The highest BCUT2D eigenvalue weighted by Gasteiger charge is 2.26. The van der Waals surface area contributed by atoms with Crippen molar-refractivity contribution < 1.29 is 9.47 Å². The van der Waals surface area contributed by atoms with Gasteiger partial charge in [0.25, 0.3) is 0 Å². The first kappa shape index (κ1) is 14.2. The van der Waals surface area contributed by atoms with Crippen LogP contribution < -0.4 is 15.2 Å². The fraction of sp³-hybridized carbons (Fsp3) is 0.625. The molecule has 1 aliphatic carbocycles. The van der Waals surface area contributed by atoms with Crippen LogP contribution in [0.2, 0.25) is 0 Å². The lowest BCUT2D eigenvalue weighted by Crippen LogP contribution is -2.29. The molecule has 106 valence electrons. The molecule has 0 saturated heterocycles. The molecule has 2 N–H and O–H groups in total. The van der Waals surface area contributed by atoms with Crippen LogP contribution in [-0.4, -0.2) is 13.2 Å². The van der Waals surface area contributed by atoms with Gasteiger partial charge in [-0.1, -0.05) is 19.9 Å². The molecule has 3 nitrogen and oxygen atoms in total. The molecular formula is C16H25NO2. The highest BCUT2D eigenvalue weighted by atomic mass is 16.5. The van der Waals surface area contributed by atoms with Crippen LogP contribution in [0, 0.1) is 11.8 Å². The smallest absolute Gasteiger partial charge is 0.127 e. The first-order valence-corrected chi connectivity index (χ1v) is 7.17. The van der Waals surface area contributed by atoms with Crippen molar-refractivity contribution >= 4 is 0 Å². The van der Waals surface area contributed by atoms with Crippen molar-refractivity contribution in [3.05, 3.63) is 23.8 Å².